The lowest BCUT2D eigenvalue weighted by atomic mass is 9.97. The third kappa shape index (κ3) is 5.56. The van der Waals surface area contributed by atoms with Gasteiger partial charge in [-0.1, -0.05) is 23.2 Å². The quantitative estimate of drug-likeness (QED) is 0.826. The first-order valence-electron chi connectivity index (χ1n) is 7.89. The summed E-state index contributed by atoms with van der Waals surface area (Å²) in [4.78, 5) is 26.2. The molecule has 0 unspecified atom stereocenters. The molecule has 1 saturated heterocycles. The Morgan fingerprint density at radius 1 is 1.21 bits per heavy atom. The third-order valence-corrected chi connectivity index (χ3v) is 4.01. The molecule has 1 aliphatic rings. The van der Waals surface area contributed by atoms with Gasteiger partial charge in [-0.25, -0.2) is 4.79 Å². The number of nitrogens with one attached hydrogen (secondary N) is 1. The molecule has 0 bridgehead atoms. The second-order valence-corrected chi connectivity index (χ2v) is 7.79. The second kappa shape index (κ2) is 7.62. The molecule has 1 heterocycles. The van der Waals surface area contributed by atoms with E-state index in [1.54, 1.807) is 23.1 Å². The summed E-state index contributed by atoms with van der Waals surface area (Å²) in [5.41, 5.74) is -0.00372. The number of piperidine rings is 1. The van der Waals surface area contributed by atoms with Crippen molar-refractivity contribution in [2.24, 2.45) is 5.92 Å². The summed E-state index contributed by atoms with van der Waals surface area (Å²) < 4.78 is 5.38. The van der Waals surface area contributed by atoms with Gasteiger partial charge < -0.3 is 15.0 Å². The Hall–Kier alpha value is -1.46. The van der Waals surface area contributed by atoms with Crippen LogP contribution >= 0.6 is 23.2 Å². The molecule has 7 heteroatoms. The molecule has 0 radical (unpaired) electrons. The number of likely N-dealkylation sites (tertiary alicyclic amines) is 1. The van der Waals surface area contributed by atoms with Gasteiger partial charge in [-0.2, -0.15) is 0 Å². The molecule has 1 aromatic rings. The molecule has 1 aromatic carbocycles. The van der Waals surface area contributed by atoms with Gasteiger partial charge in [0.05, 0.1) is 5.92 Å². The van der Waals surface area contributed by atoms with Gasteiger partial charge in [0, 0.05) is 28.8 Å². The van der Waals surface area contributed by atoms with Gasteiger partial charge in [0.2, 0.25) is 5.91 Å². The van der Waals surface area contributed by atoms with Crippen molar-refractivity contribution in [1.29, 1.82) is 0 Å². The van der Waals surface area contributed by atoms with Crippen molar-refractivity contribution >= 4 is 40.9 Å². The van der Waals surface area contributed by atoms with Crippen LogP contribution in [0.4, 0.5) is 10.5 Å². The highest BCUT2D eigenvalue weighted by Gasteiger charge is 2.31. The lowest BCUT2D eigenvalue weighted by molar-refractivity contribution is -0.121. The van der Waals surface area contributed by atoms with Gasteiger partial charge >= 0.3 is 6.09 Å². The minimum absolute atomic E-state index is 0.151. The van der Waals surface area contributed by atoms with Crippen molar-refractivity contribution in [3.05, 3.63) is 28.2 Å². The first kappa shape index (κ1) is 18.9. The molecular formula is C17H22Cl2N2O3. The molecule has 2 amide bonds. The van der Waals surface area contributed by atoms with Crippen LogP contribution in [0.25, 0.3) is 0 Å². The molecule has 2 rings (SSSR count). The highest BCUT2D eigenvalue weighted by molar-refractivity contribution is 6.35. The number of hydrogen-bond donors (Lipinski definition) is 1. The number of anilines is 1. The maximum absolute atomic E-state index is 12.5. The summed E-state index contributed by atoms with van der Waals surface area (Å²) in [5, 5.41) is 3.73. The van der Waals surface area contributed by atoms with Crippen LogP contribution < -0.4 is 5.32 Å². The zero-order valence-electron chi connectivity index (χ0n) is 14.1. The van der Waals surface area contributed by atoms with E-state index >= 15 is 0 Å². The number of nitrogens with zero attached hydrogens (tertiary/aromatic N) is 1. The first-order valence-corrected chi connectivity index (χ1v) is 8.64. The Bertz CT molecular complexity index is 609. The standard InChI is InChI=1S/C17H22Cl2N2O3/c1-17(2,3)24-16(23)21-6-4-5-11(10-21)15(22)20-14-8-12(18)7-13(19)9-14/h7-9,11H,4-6,10H2,1-3H3,(H,20,22)/t11-/m1/s1. The predicted octanol–water partition coefficient (Wildman–Crippen LogP) is 4.58. The highest BCUT2D eigenvalue weighted by atomic mass is 35.5. The third-order valence-electron chi connectivity index (χ3n) is 3.57. The summed E-state index contributed by atoms with van der Waals surface area (Å²) in [6.45, 7) is 6.41. The summed E-state index contributed by atoms with van der Waals surface area (Å²) in [6.07, 6.45) is 1.10. The lowest BCUT2D eigenvalue weighted by Crippen LogP contribution is -2.45. The topological polar surface area (TPSA) is 58.6 Å². The molecule has 24 heavy (non-hydrogen) atoms. The van der Waals surface area contributed by atoms with Crippen LogP contribution in [0, 0.1) is 5.92 Å². The van der Waals surface area contributed by atoms with E-state index in [1.807, 2.05) is 20.8 Å². The number of ether oxygens (including phenoxy) is 1. The minimum Gasteiger partial charge on any atom is -0.444 e. The molecule has 1 atom stereocenters. The lowest BCUT2D eigenvalue weighted by Gasteiger charge is -2.33. The molecule has 5 nitrogen and oxygen atoms in total. The Morgan fingerprint density at radius 3 is 2.42 bits per heavy atom. The summed E-state index contributed by atoms with van der Waals surface area (Å²) in [5.74, 6) is -0.439. The van der Waals surface area contributed by atoms with E-state index < -0.39 is 5.60 Å². The molecule has 0 saturated carbocycles. The van der Waals surface area contributed by atoms with E-state index in [4.69, 9.17) is 27.9 Å². The van der Waals surface area contributed by atoms with E-state index in [2.05, 4.69) is 5.32 Å². The fraction of sp³-hybridized carbons (Fsp3) is 0.529. The van der Waals surface area contributed by atoms with Gasteiger partial charge in [0.25, 0.3) is 0 Å². The summed E-state index contributed by atoms with van der Waals surface area (Å²) in [7, 11) is 0. The van der Waals surface area contributed by atoms with E-state index in [0.29, 0.717) is 28.8 Å². The van der Waals surface area contributed by atoms with Crippen molar-refractivity contribution < 1.29 is 14.3 Å². The van der Waals surface area contributed by atoms with Crippen LogP contribution in [0.5, 0.6) is 0 Å². The second-order valence-electron chi connectivity index (χ2n) is 6.91. The van der Waals surface area contributed by atoms with Gasteiger partial charge in [-0.3, -0.25) is 4.79 Å². The molecule has 1 aliphatic heterocycles. The van der Waals surface area contributed by atoms with Crippen LogP contribution in [0.1, 0.15) is 33.6 Å². The average Bonchev–Trinajstić information content (AvgIpc) is 2.44. The van der Waals surface area contributed by atoms with Crippen molar-refractivity contribution in [3.63, 3.8) is 0 Å². The smallest absolute Gasteiger partial charge is 0.410 e. The minimum atomic E-state index is -0.552. The number of carbonyl (C=O) groups excluding carboxylic acids is 2. The maximum Gasteiger partial charge on any atom is 0.410 e. The highest BCUT2D eigenvalue weighted by Crippen LogP contribution is 2.25. The summed E-state index contributed by atoms with van der Waals surface area (Å²) in [6, 6.07) is 4.88. The van der Waals surface area contributed by atoms with E-state index in [1.165, 1.54) is 0 Å². The molecule has 0 spiro atoms. The SMILES string of the molecule is CC(C)(C)OC(=O)N1CCC[C@@H](C(=O)Nc2cc(Cl)cc(Cl)c2)C1. The zero-order chi connectivity index (χ0) is 17.9. The van der Waals surface area contributed by atoms with Crippen molar-refractivity contribution in [3.8, 4) is 0 Å². The number of amides is 2. The van der Waals surface area contributed by atoms with Gasteiger partial charge in [0.1, 0.15) is 5.60 Å². The fourth-order valence-electron chi connectivity index (χ4n) is 2.55. The molecular weight excluding hydrogens is 351 g/mol. The van der Waals surface area contributed by atoms with Crippen LogP contribution in [0.2, 0.25) is 10.0 Å². The Labute approximate surface area is 152 Å². The molecule has 132 valence electrons. The largest absolute Gasteiger partial charge is 0.444 e. The van der Waals surface area contributed by atoms with Crippen LogP contribution in [0.15, 0.2) is 18.2 Å². The summed E-state index contributed by atoms with van der Waals surface area (Å²) >= 11 is 11.9. The van der Waals surface area contributed by atoms with Crippen LogP contribution in [0.3, 0.4) is 0 Å². The normalized spacial score (nSPS) is 18.2. The first-order chi connectivity index (χ1) is 11.1. The van der Waals surface area contributed by atoms with E-state index in [0.717, 1.165) is 12.8 Å². The number of hydrogen-bond acceptors (Lipinski definition) is 3. The van der Waals surface area contributed by atoms with Crippen LogP contribution in [-0.2, 0) is 9.53 Å². The number of carbonyl (C=O) groups is 2. The molecule has 1 fully saturated rings. The molecule has 1 N–H and O–H groups in total. The van der Waals surface area contributed by atoms with Crippen molar-refractivity contribution in [2.45, 2.75) is 39.2 Å². The molecule has 0 aromatic heterocycles. The van der Waals surface area contributed by atoms with Gasteiger partial charge in [-0.15, -0.1) is 0 Å². The number of benzene rings is 1. The van der Waals surface area contributed by atoms with Crippen LogP contribution in [-0.4, -0.2) is 35.6 Å². The Kier molecular flexibility index (Phi) is 5.99. The zero-order valence-corrected chi connectivity index (χ0v) is 15.6. The van der Waals surface area contributed by atoms with Gasteiger partial charge in [0.15, 0.2) is 0 Å². The average molecular weight is 373 g/mol. The fourth-order valence-corrected chi connectivity index (χ4v) is 3.08. The van der Waals surface area contributed by atoms with E-state index in [-0.39, 0.29) is 17.9 Å². The number of halogens is 2. The van der Waals surface area contributed by atoms with Crippen molar-refractivity contribution in [2.75, 3.05) is 18.4 Å². The molecule has 0 aliphatic carbocycles. The Morgan fingerprint density at radius 2 is 1.83 bits per heavy atom. The monoisotopic (exact) mass is 372 g/mol. The maximum atomic E-state index is 12.5. The van der Waals surface area contributed by atoms with Crippen molar-refractivity contribution in [1.82, 2.24) is 4.90 Å². The Balaban J connectivity index is 1.98. The predicted molar refractivity (Wildman–Crippen MR) is 95.6 cm³/mol. The number of rotatable bonds is 2. The van der Waals surface area contributed by atoms with Gasteiger partial charge in [-0.05, 0) is 51.8 Å². The van der Waals surface area contributed by atoms with E-state index in [9.17, 15) is 9.59 Å².